The zero-order valence-corrected chi connectivity index (χ0v) is 7.65. The Labute approximate surface area is 87.3 Å². The standard InChI is InChI=1S/C8H5N3O5/c12-7(13)3-1-2-4-6(5(3)8(14)15)9-10-11(4)16/h1-2,16H,(H,12,13)(H,14,15). The molecular weight excluding hydrogens is 218 g/mol. The zero-order chi connectivity index (χ0) is 11.9. The molecule has 0 spiro atoms. The number of hydrogen-bond donors (Lipinski definition) is 3. The van der Waals surface area contributed by atoms with Gasteiger partial charge in [0.25, 0.3) is 0 Å². The van der Waals surface area contributed by atoms with Crippen molar-refractivity contribution in [2.75, 3.05) is 0 Å². The number of rotatable bonds is 2. The first-order valence-corrected chi connectivity index (χ1v) is 4.06. The fourth-order valence-corrected chi connectivity index (χ4v) is 1.37. The third-order valence-corrected chi connectivity index (χ3v) is 2.05. The number of hydrogen-bond acceptors (Lipinski definition) is 5. The van der Waals surface area contributed by atoms with Gasteiger partial charge < -0.3 is 15.4 Å². The van der Waals surface area contributed by atoms with Crippen LogP contribution in [0, 0.1) is 0 Å². The van der Waals surface area contributed by atoms with E-state index in [2.05, 4.69) is 10.3 Å². The van der Waals surface area contributed by atoms with Gasteiger partial charge in [0.2, 0.25) is 0 Å². The number of nitrogens with zero attached hydrogens (tertiary/aromatic N) is 3. The molecule has 1 heterocycles. The minimum atomic E-state index is -1.44. The molecule has 0 amide bonds. The molecule has 0 saturated carbocycles. The molecule has 0 atom stereocenters. The van der Waals surface area contributed by atoms with E-state index in [1.807, 2.05) is 0 Å². The second-order valence-corrected chi connectivity index (χ2v) is 2.95. The van der Waals surface area contributed by atoms with Gasteiger partial charge in [0.1, 0.15) is 16.6 Å². The van der Waals surface area contributed by atoms with Crippen molar-refractivity contribution in [1.82, 2.24) is 15.2 Å². The van der Waals surface area contributed by atoms with Crippen molar-refractivity contribution in [2.24, 2.45) is 0 Å². The van der Waals surface area contributed by atoms with Crippen LogP contribution in [-0.2, 0) is 0 Å². The maximum Gasteiger partial charge on any atom is 0.338 e. The molecule has 0 fully saturated rings. The maximum absolute atomic E-state index is 10.9. The number of aromatic nitrogens is 3. The quantitative estimate of drug-likeness (QED) is 0.614. The van der Waals surface area contributed by atoms with E-state index in [9.17, 15) is 9.59 Å². The van der Waals surface area contributed by atoms with Crippen molar-refractivity contribution in [3.8, 4) is 0 Å². The smallest absolute Gasteiger partial charge is 0.338 e. The molecule has 0 saturated heterocycles. The lowest BCUT2D eigenvalue weighted by molar-refractivity contribution is 0.0653. The molecule has 8 heteroatoms. The molecule has 16 heavy (non-hydrogen) atoms. The molecule has 1 aromatic heterocycles. The van der Waals surface area contributed by atoms with Crippen molar-refractivity contribution in [2.45, 2.75) is 0 Å². The summed E-state index contributed by atoms with van der Waals surface area (Å²) in [6.45, 7) is 0. The van der Waals surface area contributed by atoms with Gasteiger partial charge in [-0.15, -0.1) is 5.10 Å². The van der Waals surface area contributed by atoms with Gasteiger partial charge in [-0.3, -0.25) is 0 Å². The van der Waals surface area contributed by atoms with Crippen LogP contribution in [0.5, 0.6) is 0 Å². The Kier molecular flexibility index (Phi) is 1.97. The van der Waals surface area contributed by atoms with Crippen molar-refractivity contribution < 1.29 is 25.0 Å². The Hall–Kier alpha value is -2.64. The van der Waals surface area contributed by atoms with Crippen LogP contribution in [0.4, 0.5) is 0 Å². The average molecular weight is 223 g/mol. The lowest BCUT2D eigenvalue weighted by Gasteiger charge is -2.01. The summed E-state index contributed by atoms with van der Waals surface area (Å²) in [7, 11) is 0. The highest BCUT2D eigenvalue weighted by atomic mass is 16.5. The van der Waals surface area contributed by atoms with Gasteiger partial charge in [0.15, 0.2) is 0 Å². The lowest BCUT2D eigenvalue weighted by atomic mass is 10.1. The third-order valence-electron chi connectivity index (χ3n) is 2.05. The predicted octanol–water partition coefficient (Wildman–Crippen LogP) is 0.0650. The van der Waals surface area contributed by atoms with Crippen LogP contribution in [0.2, 0.25) is 0 Å². The van der Waals surface area contributed by atoms with Crippen LogP contribution in [-0.4, -0.2) is 42.5 Å². The average Bonchev–Trinajstić information content (AvgIpc) is 2.58. The van der Waals surface area contributed by atoms with Crippen molar-refractivity contribution in [3.05, 3.63) is 23.3 Å². The molecular formula is C8H5N3O5. The molecule has 3 N–H and O–H groups in total. The van der Waals surface area contributed by atoms with E-state index in [4.69, 9.17) is 15.4 Å². The minimum absolute atomic E-state index is 0.0300. The Morgan fingerprint density at radius 2 is 1.88 bits per heavy atom. The summed E-state index contributed by atoms with van der Waals surface area (Å²) in [5, 5.41) is 33.5. The second kappa shape index (κ2) is 3.19. The summed E-state index contributed by atoms with van der Waals surface area (Å²) >= 11 is 0. The number of benzene rings is 1. The van der Waals surface area contributed by atoms with Crippen LogP contribution in [0.1, 0.15) is 20.7 Å². The van der Waals surface area contributed by atoms with Gasteiger partial charge in [0.05, 0.1) is 5.56 Å². The molecule has 0 aliphatic heterocycles. The van der Waals surface area contributed by atoms with E-state index in [0.29, 0.717) is 4.85 Å². The number of carboxylic acid groups (broad SMARTS) is 2. The highest BCUT2D eigenvalue weighted by Gasteiger charge is 2.22. The van der Waals surface area contributed by atoms with Gasteiger partial charge in [-0.25, -0.2) is 9.59 Å². The molecule has 0 bridgehead atoms. The number of carbonyl (C=O) groups is 2. The summed E-state index contributed by atoms with van der Waals surface area (Å²) in [6, 6.07) is 2.30. The third kappa shape index (κ3) is 1.24. The van der Waals surface area contributed by atoms with Gasteiger partial charge in [-0.05, 0) is 17.3 Å². The molecule has 8 nitrogen and oxygen atoms in total. The van der Waals surface area contributed by atoms with Crippen molar-refractivity contribution >= 4 is 23.0 Å². The molecule has 0 aliphatic carbocycles. The molecule has 2 rings (SSSR count). The second-order valence-electron chi connectivity index (χ2n) is 2.95. The van der Waals surface area contributed by atoms with Crippen molar-refractivity contribution in [3.63, 3.8) is 0 Å². The first-order chi connectivity index (χ1) is 7.52. The molecule has 1 aromatic carbocycles. The Morgan fingerprint density at radius 1 is 1.19 bits per heavy atom. The normalized spacial score (nSPS) is 10.5. The van der Waals surface area contributed by atoms with E-state index in [1.54, 1.807) is 0 Å². The van der Waals surface area contributed by atoms with Gasteiger partial charge in [0, 0.05) is 0 Å². The highest BCUT2D eigenvalue weighted by molar-refractivity contribution is 6.09. The summed E-state index contributed by atoms with van der Waals surface area (Å²) < 4.78 is 0. The van der Waals surface area contributed by atoms with E-state index in [1.165, 1.54) is 6.07 Å². The van der Waals surface area contributed by atoms with Crippen LogP contribution in [0.3, 0.4) is 0 Å². The lowest BCUT2D eigenvalue weighted by Crippen LogP contribution is -2.08. The van der Waals surface area contributed by atoms with Crippen LogP contribution >= 0.6 is 0 Å². The van der Waals surface area contributed by atoms with E-state index < -0.39 is 23.1 Å². The predicted molar refractivity (Wildman–Crippen MR) is 48.6 cm³/mol. The largest absolute Gasteiger partial charge is 0.478 e. The molecule has 0 aliphatic rings. The van der Waals surface area contributed by atoms with E-state index >= 15 is 0 Å². The van der Waals surface area contributed by atoms with E-state index in [-0.39, 0.29) is 11.0 Å². The van der Waals surface area contributed by atoms with Gasteiger partial charge in [-0.1, -0.05) is 4.85 Å². The SMILES string of the molecule is O=C(O)c1ccc2c(nnn2O)c1C(=O)O. The summed E-state index contributed by atoms with van der Waals surface area (Å²) in [4.78, 5) is 22.1. The molecule has 82 valence electrons. The summed E-state index contributed by atoms with van der Waals surface area (Å²) in [5.74, 6) is -2.82. The van der Waals surface area contributed by atoms with Gasteiger partial charge >= 0.3 is 11.9 Å². The molecule has 2 aromatic rings. The number of aromatic carboxylic acids is 2. The first kappa shape index (κ1) is 9.90. The highest BCUT2D eigenvalue weighted by Crippen LogP contribution is 2.20. The Bertz CT molecular complexity index is 603. The molecule has 0 unspecified atom stereocenters. The number of carboxylic acids is 2. The maximum atomic E-state index is 10.9. The van der Waals surface area contributed by atoms with Crippen molar-refractivity contribution in [1.29, 1.82) is 0 Å². The molecule has 0 radical (unpaired) electrons. The fourth-order valence-electron chi connectivity index (χ4n) is 1.37. The van der Waals surface area contributed by atoms with Crippen LogP contribution < -0.4 is 0 Å². The van der Waals surface area contributed by atoms with Gasteiger partial charge in [-0.2, -0.15) is 0 Å². The minimum Gasteiger partial charge on any atom is -0.478 e. The monoisotopic (exact) mass is 223 g/mol. The fraction of sp³-hybridized carbons (Fsp3) is 0. The summed E-state index contributed by atoms with van der Waals surface area (Å²) in [6.07, 6.45) is 0. The van der Waals surface area contributed by atoms with Crippen LogP contribution in [0.25, 0.3) is 11.0 Å². The zero-order valence-electron chi connectivity index (χ0n) is 7.65. The topological polar surface area (TPSA) is 126 Å². The summed E-state index contributed by atoms with van der Waals surface area (Å²) in [5.41, 5.74) is -1.04. The van der Waals surface area contributed by atoms with E-state index in [0.717, 1.165) is 6.07 Å². The van der Waals surface area contributed by atoms with Crippen LogP contribution in [0.15, 0.2) is 12.1 Å². The number of fused-ring (bicyclic) bond motifs is 1. The Balaban J connectivity index is 2.90. The first-order valence-electron chi connectivity index (χ1n) is 4.06. The Morgan fingerprint density at radius 3 is 2.44 bits per heavy atom.